The molecule has 4 rings (SSSR count). The van der Waals surface area contributed by atoms with Gasteiger partial charge >= 0.3 is 12.4 Å². The van der Waals surface area contributed by atoms with Crippen LogP contribution in [0.2, 0.25) is 5.15 Å². The third-order valence-corrected chi connectivity index (χ3v) is 4.84. The van der Waals surface area contributed by atoms with Gasteiger partial charge < -0.3 is 10.3 Å². The summed E-state index contributed by atoms with van der Waals surface area (Å²) in [6.07, 6.45) is -8.14. The summed E-state index contributed by atoms with van der Waals surface area (Å²) in [6, 6.07) is 6.65. The maximum absolute atomic E-state index is 14.0. The average molecular weight is 502 g/mol. The molecule has 1 aromatic carbocycles. The van der Waals surface area contributed by atoms with Crippen molar-refractivity contribution in [2.45, 2.75) is 12.4 Å². The fraction of sp³-hybridized carbons (Fsp3) is 0.100. The first-order valence-corrected chi connectivity index (χ1v) is 9.56. The number of aromatic amines is 1. The quantitative estimate of drug-likeness (QED) is 0.303. The van der Waals surface area contributed by atoms with Gasteiger partial charge in [-0.25, -0.2) is 9.67 Å². The highest BCUT2D eigenvalue weighted by Crippen LogP contribution is 2.36. The van der Waals surface area contributed by atoms with Crippen molar-refractivity contribution in [1.29, 1.82) is 0 Å². The highest BCUT2D eigenvalue weighted by Gasteiger charge is 2.41. The summed E-state index contributed by atoms with van der Waals surface area (Å²) < 4.78 is 81.3. The number of hydrogen-bond donors (Lipinski definition) is 2. The minimum absolute atomic E-state index is 0.0840. The Kier molecular flexibility index (Phi) is 5.59. The Bertz CT molecular complexity index is 1480. The first-order chi connectivity index (χ1) is 15.9. The van der Waals surface area contributed by atoms with Crippen molar-refractivity contribution in [3.05, 3.63) is 81.3 Å². The molecule has 14 heteroatoms. The zero-order valence-corrected chi connectivity index (χ0v) is 17.2. The van der Waals surface area contributed by atoms with Gasteiger partial charge in [-0.3, -0.25) is 9.59 Å². The molecule has 1 amide bonds. The molecule has 0 aliphatic carbocycles. The molecule has 3 aromatic heterocycles. The van der Waals surface area contributed by atoms with Gasteiger partial charge in [-0.05, 0) is 30.3 Å². The molecule has 4 aromatic rings. The Hall–Kier alpha value is -3.87. The number of fused-ring (bicyclic) bond motifs is 1. The number of carbonyl (C=O) groups excluding carboxylic acids is 1. The third kappa shape index (κ3) is 4.33. The SMILES string of the molecule is O=C(Nc1cc(Cl)nc(C(F)(F)F)c1)c1cnn(-c2cccc3c(=O)[nH]ccc23)c1C(F)(F)F. The number of nitrogens with zero attached hydrogens (tertiary/aromatic N) is 3. The van der Waals surface area contributed by atoms with Crippen LogP contribution in [0.5, 0.6) is 0 Å². The number of pyridine rings is 2. The van der Waals surface area contributed by atoms with Gasteiger partial charge in [-0.2, -0.15) is 31.4 Å². The summed E-state index contributed by atoms with van der Waals surface area (Å²) in [5.74, 6) is -1.38. The summed E-state index contributed by atoms with van der Waals surface area (Å²) >= 11 is 5.55. The van der Waals surface area contributed by atoms with Crippen LogP contribution in [0.1, 0.15) is 21.7 Å². The number of rotatable bonds is 3. The number of carbonyl (C=O) groups is 1. The van der Waals surface area contributed by atoms with E-state index in [1.165, 1.54) is 30.5 Å². The monoisotopic (exact) mass is 501 g/mol. The van der Waals surface area contributed by atoms with Crippen LogP contribution in [0.25, 0.3) is 16.5 Å². The molecule has 0 saturated heterocycles. The molecule has 0 atom stereocenters. The summed E-state index contributed by atoms with van der Waals surface area (Å²) in [5, 5.41) is 5.22. The molecule has 0 spiro atoms. The van der Waals surface area contributed by atoms with Crippen LogP contribution in [-0.2, 0) is 12.4 Å². The van der Waals surface area contributed by atoms with E-state index >= 15 is 0 Å². The molecule has 34 heavy (non-hydrogen) atoms. The van der Waals surface area contributed by atoms with Crippen molar-refractivity contribution < 1.29 is 31.1 Å². The van der Waals surface area contributed by atoms with E-state index < -0.39 is 51.6 Å². The number of alkyl halides is 6. The lowest BCUT2D eigenvalue weighted by Crippen LogP contribution is -2.21. The lowest BCUT2D eigenvalue weighted by atomic mass is 10.1. The lowest BCUT2D eigenvalue weighted by molar-refractivity contribution is -0.143. The van der Waals surface area contributed by atoms with Crippen LogP contribution in [0, 0.1) is 0 Å². The molecule has 176 valence electrons. The second-order valence-electron chi connectivity index (χ2n) is 6.88. The van der Waals surface area contributed by atoms with E-state index in [-0.39, 0.29) is 16.5 Å². The van der Waals surface area contributed by atoms with Crippen LogP contribution >= 0.6 is 11.6 Å². The van der Waals surface area contributed by atoms with Crippen LogP contribution < -0.4 is 10.9 Å². The minimum Gasteiger partial charge on any atom is -0.329 e. The number of hydrogen-bond acceptors (Lipinski definition) is 4. The van der Waals surface area contributed by atoms with Crippen molar-refractivity contribution >= 4 is 34.0 Å². The summed E-state index contributed by atoms with van der Waals surface area (Å²) in [7, 11) is 0. The van der Waals surface area contributed by atoms with E-state index in [2.05, 4.69) is 15.1 Å². The molecular weight excluding hydrogens is 492 g/mol. The molecule has 0 saturated carbocycles. The third-order valence-electron chi connectivity index (χ3n) is 4.65. The normalized spacial score (nSPS) is 12.2. The van der Waals surface area contributed by atoms with E-state index in [1.54, 1.807) is 0 Å². The fourth-order valence-corrected chi connectivity index (χ4v) is 3.48. The van der Waals surface area contributed by atoms with E-state index in [1.807, 2.05) is 5.32 Å². The molecule has 7 nitrogen and oxygen atoms in total. The van der Waals surface area contributed by atoms with Crippen molar-refractivity contribution in [3.63, 3.8) is 0 Å². The zero-order chi connectivity index (χ0) is 24.8. The highest BCUT2D eigenvalue weighted by atomic mass is 35.5. The van der Waals surface area contributed by atoms with Gasteiger partial charge in [0.05, 0.1) is 17.4 Å². The molecule has 0 radical (unpaired) electrons. The van der Waals surface area contributed by atoms with Crippen LogP contribution in [-0.4, -0.2) is 25.7 Å². The number of benzene rings is 1. The first kappa shape index (κ1) is 23.3. The highest BCUT2D eigenvalue weighted by molar-refractivity contribution is 6.29. The van der Waals surface area contributed by atoms with E-state index in [4.69, 9.17) is 11.6 Å². The van der Waals surface area contributed by atoms with Crippen molar-refractivity contribution in [2.75, 3.05) is 5.32 Å². The molecule has 3 heterocycles. The van der Waals surface area contributed by atoms with Crippen LogP contribution in [0.3, 0.4) is 0 Å². The van der Waals surface area contributed by atoms with Gasteiger partial charge in [0.15, 0.2) is 5.69 Å². The number of nitrogens with one attached hydrogen (secondary N) is 2. The number of halogens is 7. The number of amides is 1. The summed E-state index contributed by atoms with van der Waals surface area (Å²) in [5.41, 5.74) is -5.10. The van der Waals surface area contributed by atoms with Crippen molar-refractivity contribution in [2.24, 2.45) is 0 Å². The lowest BCUT2D eigenvalue weighted by Gasteiger charge is -2.14. The van der Waals surface area contributed by atoms with Crippen LogP contribution in [0.15, 0.2) is 53.6 Å². The Morgan fingerprint density at radius 2 is 1.76 bits per heavy atom. The minimum atomic E-state index is -5.10. The zero-order valence-electron chi connectivity index (χ0n) is 16.4. The van der Waals surface area contributed by atoms with Gasteiger partial charge in [-0.1, -0.05) is 17.7 Å². The smallest absolute Gasteiger partial charge is 0.329 e. The molecule has 0 aliphatic heterocycles. The van der Waals surface area contributed by atoms with E-state index in [0.717, 1.165) is 6.07 Å². The molecular formula is C20H10ClF6N5O2. The summed E-state index contributed by atoms with van der Waals surface area (Å²) in [6.45, 7) is 0. The molecule has 0 bridgehead atoms. The predicted octanol–water partition coefficient (Wildman–Crippen LogP) is 5.05. The van der Waals surface area contributed by atoms with Gasteiger partial charge in [-0.15, -0.1) is 0 Å². The predicted molar refractivity (Wildman–Crippen MR) is 109 cm³/mol. The van der Waals surface area contributed by atoms with Gasteiger partial charge in [0.25, 0.3) is 11.5 Å². The fourth-order valence-electron chi connectivity index (χ4n) is 3.27. The van der Waals surface area contributed by atoms with Gasteiger partial charge in [0, 0.05) is 22.7 Å². The standard InChI is InChI=1S/C20H10ClF6N5O2/c21-15-7-9(6-14(31-15)19(22,23)24)30-18(34)12-8-29-32(16(12)20(25,26)27)13-3-1-2-11-10(13)4-5-28-17(11)33/h1-8H,(H,28,33)(H,30,31,34). The molecule has 0 aliphatic rings. The number of H-pyrrole nitrogens is 1. The van der Waals surface area contributed by atoms with Gasteiger partial charge in [0.2, 0.25) is 0 Å². The van der Waals surface area contributed by atoms with Crippen molar-refractivity contribution in [3.8, 4) is 5.69 Å². The Labute approximate surface area is 190 Å². The Balaban J connectivity index is 1.82. The Morgan fingerprint density at radius 1 is 1.03 bits per heavy atom. The Morgan fingerprint density at radius 3 is 2.44 bits per heavy atom. The maximum atomic E-state index is 14.0. The summed E-state index contributed by atoms with van der Waals surface area (Å²) in [4.78, 5) is 30.2. The largest absolute Gasteiger partial charge is 0.434 e. The molecule has 0 unspecified atom stereocenters. The van der Waals surface area contributed by atoms with Gasteiger partial charge in [0.1, 0.15) is 10.8 Å². The second kappa shape index (κ2) is 8.17. The topological polar surface area (TPSA) is 92.7 Å². The molecule has 0 fully saturated rings. The van der Waals surface area contributed by atoms with E-state index in [9.17, 15) is 35.9 Å². The van der Waals surface area contributed by atoms with Crippen molar-refractivity contribution in [1.82, 2.24) is 19.7 Å². The first-order valence-electron chi connectivity index (χ1n) is 9.18. The van der Waals surface area contributed by atoms with E-state index in [0.29, 0.717) is 16.9 Å². The number of aromatic nitrogens is 4. The number of anilines is 1. The second-order valence-corrected chi connectivity index (χ2v) is 7.26. The van der Waals surface area contributed by atoms with Crippen LogP contribution in [0.4, 0.5) is 32.0 Å². The maximum Gasteiger partial charge on any atom is 0.434 e. The average Bonchev–Trinajstić information content (AvgIpc) is 3.18. The molecule has 2 N–H and O–H groups in total.